The van der Waals surface area contributed by atoms with E-state index in [1.54, 1.807) is 29.2 Å². The van der Waals surface area contributed by atoms with Gasteiger partial charge in [-0.05, 0) is 139 Å². The van der Waals surface area contributed by atoms with Crippen molar-refractivity contribution >= 4 is 6.09 Å². The number of carbonyl (C=O) groups excluding carboxylic acids is 1. The zero-order valence-electron chi connectivity index (χ0n) is 26.7. The first-order valence-corrected chi connectivity index (χ1v) is 16.1. The molecule has 1 N–H and O–H groups in total. The van der Waals surface area contributed by atoms with Crippen molar-refractivity contribution in [1.82, 2.24) is 10.2 Å². The summed E-state index contributed by atoms with van der Waals surface area (Å²) in [5.74, 6) is 1.35. The number of rotatable bonds is 8. The molecule has 4 nitrogen and oxygen atoms in total. The molecular formula is C35H48F6N2O2. The number of carbonyl (C=O) groups is 1. The molecule has 0 aromatic heterocycles. The molecule has 0 radical (unpaired) electrons. The van der Waals surface area contributed by atoms with Crippen molar-refractivity contribution in [2.45, 2.75) is 103 Å². The van der Waals surface area contributed by atoms with Gasteiger partial charge in [-0.1, -0.05) is 30.7 Å². The maximum absolute atomic E-state index is 12.6. The van der Waals surface area contributed by atoms with Crippen molar-refractivity contribution in [1.29, 1.82) is 0 Å². The molecule has 4 rings (SSSR count). The molecule has 1 amide bonds. The minimum atomic E-state index is -4.28. The maximum Gasteiger partial charge on any atom is 0.416 e. The molecule has 0 saturated carbocycles. The summed E-state index contributed by atoms with van der Waals surface area (Å²) in [4.78, 5) is 13.8. The van der Waals surface area contributed by atoms with Crippen molar-refractivity contribution in [2.75, 3.05) is 26.2 Å². The number of piperidine rings is 2. The third-order valence-electron chi connectivity index (χ3n) is 8.44. The molecule has 0 spiro atoms. The Bertz CT molecular complexity index is 1140. The van der Waals surface area contributed by atoms with Crippen molar-refractivity contribution in [3.8, 4) is 0 Å². The highest BCUT2D eigenvalue weighted by atomic mass is 19.4. The summed E-state index contributed by atoms with van der Waals surface area (Å²) < 4.78 is 80.3. The van der Waals surface area contributed by atoms with Gasteiger partial charge in [-0.15, -0.1) is 0 Å². The SMILES string of the molecule is CC(C)(C)OC(=O)N1CCC(CCCc2ccc(C(F)(F)F)cc2)CC1.FC(F)(F)c1ccc(CCCC2CCNCC2)cc1. The Labute approximate surface area is 263 Å². The van der Waals surface area contributed by atoms with Gasteiger partial charge in [-0.3, -0.25) is 0 Å². The summed E-state index contributed by atoms with van der Waals surface area (Å²) >= 11 is 0. The minimum Gasteiger partial charge on any atom is -0.444 e. The number of nitrogens with one attached hydrogen (secondary N) is 1. The molecule has 2 fully saturated rings. The van der Waals surface area contributed by atoms with E-state index in [0.717, 1.165) is 87.2 Å². The van der Waals surface area contributed by atoms with E-state index in [1.807, 2.05) is 20.8 Å². The average Bonchev–Trinajstić information content (AvgIpc) is 2.97. The number of hydrogen-bond acceptors (Lipinski definition) is 3. The zero-order chi connectivity index (χ0) is 33.1. The number of halogens is 6. The van der Waals surface area contributed by atoms with Crippen LogP contribution in [0.1, 0.15) is 94.4 Å². The molecule has 2 aromatic rings. The lowest BCUT2D eigenvalue weighted by Gasteiger charge is -2.33. The van der Waals surface area contributed by atoms with Gasteiger partial charge in [0.15, 0.2) is 0 Å². The largest absolute Gasteiger partial charge is 0.444 e. The van der Waals surface area contributed by atoms with Gasteiger partial charge in [0, 0.05) is 13.1 Å². The van der Waals surface area contributed by atoms with E-state index in [0.29, 0.717) is 19.0 Å². The average molecular weight is 643 g/mol. The van der Waals surface area contributed by atoms with Gasteiger partial charge in [0.25, 0.3) is 0 Å². The van der Waals surface area contributed by atoms with E-state index in [9.17, 15) is 31.1 Å². The standard InChI is InChI=1S/C20H28F3NO2.C15H20F3N/c1-19(2,3)26-18(25)24-13-11-16(12-14-24)6-4-5-15-7-9-17(10-8-15)20(21,22)23;16-15(17,18)14-6-4-12(5-7-14)2-1-3-13-8-10-19-11-9-13/h7-10,16H,4-6,11-14H2,1-3H3;4-7,13,19H,1-3,8-11H2. The fraction of sp³-hybridized carbons (Fsp3) is 0.629. The summed E-state index contributed by atoms with van der Waals surface area (Å²) in [6.07, 6.45) is 1.49. The third-order valence-corrected chi connectivity index (χ3v) is 8.44. The molecule has 2 aliphatic rings. The predicted octanol–water partition coefficient (Wildman–Crippen LogP) is 9.70. The molecule has 45 heavy (non-hydrogen) atoms. The monoisotopic (exact) mass is 642 g/mol. The van der Waals surface area contributed by atoms with Gasteiger partial charge >= 0.3 is 18.4 Å². The van der Waals surface area contributed by atoms with E-state index < -0.39 is 29.1 Å². The number of likely N-dealkylation sites (tertiary alicyclic amines) is 1. The van der Waals surface area contributed by atoms with Crippen LogP contribution in [0.3, 0.4) is 0 Å². The van der Waals surface area contributed by atoms with Gasteiger partial charge in [0.2, 0.25) is 0 Å². The fourth-order valence-electron chi connectivity index (χ4n) is 5.81. The second kappa shape index (κ2) is 16.7. The molecule has 2 aliphatic heterocycles. The molecular weight excluding hydrogens is 594 g/mol. The first kappa shape index (κ1) is 36.7. The number of hydrogen-bond donors (Lipinski definition) is 1. The molecule has 2 aromatic carbocycles. The number of amides is 1. The quantitative estimate of drug-likeness (QED) is 0.292. The third kappa shape index (κ3) is 13.6. The Balaban J connectivity index is 0.000000257. The van der Waals surface area contributed by atoms with Crippen LogP contribution in [0.4, 0.5) is 31.1 Å². The summed E-state index contributed by atoms with van der Waals surface area (Å²) in [6, 6.07) is 11.0. The summed E-state index contributed by atoms with van der Waals surface area (Å²) in [6.45, 7) is 9.20. The number of ether oxygens (including phenoxy) is 1. The van der Waals surface area contributed by atoms with Crippen molar-refractivity contribution in [3.63, 3.8) is 0 Å². The van der Waals surface area contributed by atoms with Crippen LogP contribution < -0.4 is 5.32 Å². The van der Waals surface area contributed by atoms with Crippen LogP contribution in [0.5, 0.6) is 0 Å². The molecule has 0 atom stereocenters. The van der Waals surface area contributed by atoms with Crippen LogP contribution in [0.2, 0.25) is 0 Å². The minimum absolute atomic E-state index is 0.249. The van der Waals surface area contributed by atoms with E-state index in [-0.39, 0.29) is 6.09 Å². The maximum atomic E-state index is 12.6. The lowest BCUT2D eigenvalue weighted by molar-refractivity contribution is -0.138. The number of alkyl halides is 6. The van der Waals surface area contributed by atoms with Crippen LogP contribution in [-0.2, 0) is 29.9 Å². The van der Waals surface area contributed by atoms with E-state index in [4.69, 9.17) is 4.74 Å². The van der Waals surface area contributed by atoms with Crippen molar-refractivity contribution in [2.24, 2.45) is 11.8 Å². The number of aryl methyl sites for hydroxylation is 2. The second-order valence-electron chi connectivity index (χ2n) is 13.3. The van der Waals surface area contributed by atoms with Crippen LogP contribution in [0, 0.1) is 11.8 Å². The lowest BCUT2D eigenvalue weighted by atomic mass is 9.91. The number of nitrogens with zero attached hydrogens (tertiary/aromatic N) is 1. The number of benzene rings is 2. The van der Waals surface area contributed by atoms with Crippen LogP contribution in [-0.4, -0.2) is 42.8 Å². The molecule has 2 saturated heterocycles. The summed E-state index contributed by atoms with van der Waals surface area (Å²) in [7, 11) is 0. The Hall–Kier alpha value is -2.75. The Morgan fingerprint density at radius 1 is 0.711 bits per heavy atom. The second-order valence-corrected chi connectivity index (χ2v) is 13.3. The van der Waals surface area contributed by atoms with E-state index >= 15 is 0 Å². The normalized spacial score (nSPS) is 17.0. The fourth-order valence-corrected chi connectivity index (χ4v) is 5.81. The first-order chi connectivity index (χ1) is 21.1. The Morgan fingerprint density at radius 3 is 1.49 bits per heavy atom. The Morgan fingerprint density at radius 2 is 1.11 bits per heavy atom. The smallest absolute Gasteiger partial charge is 0.416 e. The van der Waals surface area contributed by atoms with Gasteiger partial charge in [-0.25, -0.2) is 4.79 Å². The van der Waals surface area contributed by atoms with Gasteiger partial charge in [-0.2, -0.15) is 26.3 Å². The topological polar surface area (TPSA) is 41.6 Å². The highest BCUT2D eigenvalue weighted by Crippen LogP contribution is 2.31. The zero-order valence-corrected chi connectivity index (χ0v) is 26.7. The van der Waals surface area contributed by atoms with Crippen molar-refractivity contribution in [3.05, 3.63) is 70.8 Å². The molecule has 0 aliphatic carbocycles. The summed E-state index contributed by atoms with van der Waals surface area (Å²) in [5, 5.41) is 3.34. The first-order valence-electron chi connectivity index (χ1n) is 16.1. The van der Waals surface area contributed by atoms with Crippen LogP contribution in [0.25, 0.3) is 0 Å². The van der Waals surface area contributed by atoms with Crippen LogP contribution >= 0.6 is 0 Å². The highest BCUT2D eigenvalue weighted by molar-refractivity contribution is 5.68. The predicted molar refractivity (Wildman–Crippen MR) is 165 cm³/mol. The summed E-state index contributed by atoms with van der Waals surface area (Å²) in [5.41, 5.74) is 0.298. The molecule has 0 unspecified atom stereocenters. The molecule has 252 valence electrons. The molecule has 10 heteroatoms. The Kier molecular flexibility index (Phi) is 13.6. The van der Waals surface area contributed by atoms with E-state index in [1.165, 1.54) is 31.4 Å². The van der Waals surface area contributed by atoms with E-state index in [2.05, 4.69) is 5.32 Å². The molecule has 2 heterocycles. The van der Waals surface area contributed by atoms with Crippen molar-refractivity contribution < 1.29 is 35.9 Å². The molecule has 0 bridgehead atoms. The van der Waals surface area contributed by atoms with Gasteiger partial charge < -0.3 is 15.0 Å². The van der Waals surface area contributed by atoms with Crippen LogP contribution in [0.15, 0.2) is 48.5 Å². The highest BCUT2D eigenvalue weighted by Gasteiger charge is 2.31. The lowest BCUT2D eigenvalue weighted by Crippen LogP contribution is -2.41. The van der Waals surface area contributed by atoms with Gasteiger partial charge in [0.1, 0.15) is 5.60 Å². The van der Waals surface area contributed by atoms with Gasteiger partial charge in [0.05, 0.1) is 11.1 Å².